The lowest BCUT2D eigenvalue weighted by Gasteiger charge is -2.31. The van der Waals surface area contributed by atoms with E-state index in [9.17, 15) is 9.90 Å². The van der Waals surface area contributed by atoms with Gasteiger partial charge in [-0.05, 0) is 24.8 Å². The number of aliphatic hydroxyl groups is 1. The predicted octanol–water partition coefficient (Wildman–Crippen LogP) is 1.12. The third-order valence-corrected chi connectivity index (χ3v) is 3.05. The Morgan fingerprint density at radius 3 is 3.27 bits per heavy atom. The van der Waals surface area contributed by atoms with E-state index < -0.39 is 17.7 Å². The molecule has 2 atom stereocenters. The van der Waals surface area contributed by atoms with Gasteiger partial charge in [0.15, 0.2) is 0 Å². The van der Waals surface area contributed by atoms with E-state index in [1.165, 1.54) is 7.11 Å². The van der Waals surface area contributed by atoms with Crippen LogP contribution in [0.3, 0.4) is 0 Å². The summed E-state index contributed by atoms with van der Waals surface area (Å²) >= 11 is 0. The minimum atomic E-state index is -0.523. The molecule has 2 aliphatic rings. The molecule has 2 aliphatic carbocycles. The van der Waals surface area contributed by atoms with Gasteiger partial charge in [-0.1, -0.05) is 18.2 Å². The molecular weight excluding hydrogens is 194 g/mol. The Morgan fingerprint density at radius 1 is 1.73 bits per heavy atom. The summed E-state index contributed by atoms with van der Waals surface area (Å²) in [5.74, 6) is 0. The highest BCUT2D eigenvalue weighted by molar-refractivity contribution is 5.70. The maximum absolute atomic E-state index is 11.2. The van der Waals surface area contributed by atoms with Gasteiger partial charge in [-0.15, -0.1) is 0 Å². The van der Waals surface area contributed by atoms with Gasteiger partial charge in [-0.25, -0.2) is 4.79 Å². The Labute approximate surface area is 88.6 Å². The molecule has 0 heterocycles. The van der Waals surface area contributed by atoms with Gasteiger partial charge in [0.05, 0.1) is 18.8 Å². The van der Waals surface area contributed by atoms with Gasteiger partial charge in [0.2, 0.25) is 0 Å². The summed E-state index contributed by atoms with van der Waals surface area (Å²) in [6, 6.07) is 0. The largest absolute Gasteiger partial charge is 0.453 e. The van der Waals surface area contributed by atoms with Crippen LogP contribution in [0.25, 0.3) is 0 Å². The molecule has 0 aromatic heterocycles. The van der Waals surface area contributed by atoms with Crippen molar-refractivity contribution in [2.24, 2.45) is 0 Å². The number of rotatable bonds is 1. The Morgan fingerprint density at radius 2 is 2.53 bits per heavy atom. The summed E-state index contributed by atoms with van der Waals surface area (Å²) in [5.41, 5.74) is 0.676. The van der Waals surface area contributed by atoms with Crippen LogP contribution in [0.4, 0.5) is 4.79 Å². The van der Waals surface area contributed by atoms with Gasteiger partial charge in [0.25, 0.3) is 0 Å². The number of aliphatic hydroxyl groups excluding tert-OH is 1. The van der Waals surface area contributed by atoms with Crippen molar-refractivity contribution in [1.82, 2.24) is 5.32 Å². The highest BCUT2D eigenvalue weighted by Gasteiger charge is 2.39. The van der Waals surface area contributed by atoms with E-state index in [-0.39, 0.29) is 0 Å². The molecule has 0 spiro atoms. The fourth-order valence-corrected chi connectivity index (χ4v) is 2.31. The van der Waals surface area contributed by atoms with Crippen molar-refractivity contribution in [2.75, 3.05) is 7.11 Å². The van der Waals surface area contributed by atoms with Crippen LogP contribution in [0.5, 0.6) is 0 Å². The van der Waals surface area contributed by atoms with E-state index in [1.54, 1.807) is 6.08 Å². The van der Waals surface area contributed by atoms with Crippen molar-refractivity contribution < 1.29 is 14.6 Å². The standard InChI is InChI=1S/C11H15NO3/c1-15-10(14)12-11-5-2-3-8(11)7-9(13)4-6-11/h4,6-7,9,13H,2-3,5H2,1H3,(H,12,14)/t9-,11-/m0/s1. The summed E-state index contributed by atoms with van der Waals surface area (Å²) < 4.78 is 4.61. The fraction of sp³-hybridized carbons (Fsp3) is 0.545. The molecule has 2 N–H and O–H groups in total. The van der Waals surface area contributed by atoms with Gasteiger partial charge < -0.3 is 15.2 Å². The number of amides is 1. The predicted molar refractivity (Wildman–Crippen MR) is 55.4 cm³/mol. The minimum Gasteiger partial charge on any atom is -0.453 e. The molecule has 0 bridgehead atoms. The second-order valence-corrected chi connectivity index (χ2v) is 3.98. The molecule has 0 unspecified atom stereocenters. The van der Waals surface area contributed by atoms with Crippen molar-refractivity contribution in [2.45, 2.75) is 30.9 Å². The zero-order chi connectivity index (χ0) is 10.9. The normalized spacial score (nSPS) is 33.2. The van der Waals surface area contributed by atoms with Crippen LogP contribution < -0.4 is 5.32 Å². The lowest BCUT2D eigenvalue weighted by Crippen LogP contribution is -2.47. The first kappa shape index (κ1) is 10.2. The van der Waals surface area contributed by atoms with Crippen LogP contribution in [0.1, 0.15) is 19.3 Å². The van der Waals surface area contributed by atoms with E-state index in [0.717, 1.165) is 24.8 Å². The van der Waals surface area contributed by atoms with E-state index in [0.29, 0.717) is 0 Å². The first-order chi connectivity index (χ1) is 7.16. The average Bonchev–Trinajstić information content (AvgIpc) is 2.61. The number of hydrogen-bond acceptors (Lipinski definition) is 3. The van der Waals surface area contributed by atoms with Gasteiger partial charge in [0.1, 0.15) is 0 Å². The van der Waals surface area contributed by atoms with Crippen LogP contribution in [0, 0.1) is 0 Å². The molecule has 0 saturated heterocycles. The molecule has 1 fully saturated rings. The van der Waals surface area contributed by atoms with E-state index in [4.69, 9.17) is 0 Å². The molecule has 15 heavy (non-hydrogen) atoms. The summed E-state index contributed by atoms with van der Waals surface area (Å²) in [6.07, 6.45) is 7.24. The monoisotopic (exact) mass is 209 g/mol. The molecule has 0 aromatic rings. The van der Waals surface area contributed by atoms with Crippen molar-refractivity contribution >= 4 is 6.09 Å². The second-order valence-electron chi connectivity index (χ2n) is 3.98. The minimum absolute atomic E-state index is 0.410. The van der Waals surface area contributed by atoms with E-state index >= 15 is 0 Å². The summed E-state index contributed by atoms with van der Waals surface area (Å²) in [4.78, 5) is 11.2. The Hall–Kier alpha value is -1.29. The first-order valence-corrected chi connectivity index (χ1v) is 5.11. The third-order valence-electron chi connectivity index (χ3n) is 3.05. The zero-order valence-electron chi connectivity index (χ0n) is 8.69. The topological polar surface area (TPSA) is 58.6 Å². The van der Waals surface area contributed by atoms with Crippen LogP contribution in [-0.2, 0) is 4.74 Å². The maximum Gasteiger partial charge on any atom is 0.407 e. The summed E-state index contributed by atoms with van der Waals surface area (Å²) in [5, 5.41) is 12.3. The molecule has 0 aromatic carbocycles. The maximum atomic E-state index is 11.2. The van der Waals surface area contributed by atoms with Crippen LogP contribution in [0.15, 0.2) is 23.8 Å². The summed E-state index contributed by atoms with van der Waals surface area (Å²) in [6.45, 7) is 0. The Kier molecular flexibility index (Phi) is 2.52. The average molecular weight is 209 g/mol. The van der Waals surface area contributed by atoms with Crippen LogP contribution >= 0.6 is 0 Å². The SMILES string of the molecule is COC(=O)N[C@@]12C=C[C@H](O)C=C1CCC2. The van der Waals surface area contributed by atoms with Gasteiger partial charge in [0, 0.05) is 0 Å². The van der Waals surface area contributed by atoms with Crippen molar-refractivity contribution in [1.29, 1.82) is 0 Å². The number of hydrogen-bond donors (Lipinski definition) is 2. The Bertz CT molecular complexity index is 335. The van der Waals surface area contributed by atoms with Crippen LogP contribution in [0.2, 0.25) is 0 Å². The second kappa shape index (κ2) is 3.70. The van der Waals surface area contributed by atoms with Crippen molar-refractivity contribution in [3.8, 4) is 0 Å². The molecule has 4 nitrogen and oxygen atoms in total. The van der Waals surface area contributed by atoms with Crippen LogP contribution in [-0.4, -0.2) is 30.0 Å². The third kappa shape index (κ3) is 1.77. The number of ether oxygens (including phenoxy) is 1. The molecule has 1 amide bonds. The quantitative estimate of drug-likeness (QED) is 0.636. The highest BCUT2D eigenvalue weighted by Crippen LogP contribution is 2.38. The van der Waals surface area contributed by atoms with Gasteiger partial charge in [-0.3, -0.25) is 0 Å². The molecule has 82 valence electrons. The number of alkyl carbamates (subject to hydrolysis) is 1. The molecule has 2 rings (SSSR count). The van der Waals surface area contributed by atoms with Crippen molar-refractivity contribution in [3.63, 3.8) is 0 Å². The lowest BCUT2D eigenvalue weighted by atomic mass is 9.87. The molecule has 0 radical (unpaired) electrons. The Balaban J connectivity index is 2.22. The van der Waals surface area contributed by atoms with Crippen molar-refractivity contribution in [3.05, 3.63) is 23.8 Å². The zero-order valence-corrected chi connectivity index (χ0v) is 8.69. The smallest absolute Gasteiger partial charge is 0.407 e. The molecule has 1 saturated carbocycles. The number of carbonyl (C=O) groups is 1. The van der Waals surface area contributed by atoms with E-state index in [2.05, 4.69) is 10.1 Å². The van der Waals surface area contributed by atoms with Gasteiger partial charge >= 0.3 is 6.09 Å². The highest BCUT2D eigenvalue weighted by atomic mass is 16.5. The number of methoxy groups -OCH3 is 1. The lowest BCUT2D eigenvalue weighted by molar-refractivity contribution is 0.163. The van der Waals surface area contributed by atoms with E-state index in [1.807, 2.05) is 12.2 Å². The molecule has 4 heteroatoms. The number of nitrogens with one attached hydrogen (secondary N) is 1. The number of fused-ring (bicyclic) bond motifs is 1. The molecular formula is C11H15NO3. The molecule has 0 aliphatic heterocycles. The first-order valence-electron chi connectivity index (χ1n) is 5.11. The fourth-order valence-electron chi connectivity index (χ4n) is 2.31. The van der Waals surface area contributed by atoms with Gasteiger partial charge in [-0.2, -0.15) is 0 Å². The summed E-state index contributed by atoms with van der Waals surface area (Å²) in [7, 11) is 1.35. The number of carbonyl (C=O) groups excluding carboxylic acids is 1.